The summed E-state index contributed by atoms with van der Waals surface area (Å²) in [5.74, 6) is 0.533. The van der Waals surface area contributed by atoms with E-state index in [0.717, 1.165) is 5.69 Å². The molecule has 0 saturated carbocycles. The van der Waals surface area contributed by atoms with Crippen LogP contribution in [0.25, 0.3) is 0 Å². The smallest absolute Gasteiger partial charge is 0.177 e. The molecule has 128 valence electrons. The minimum atomic E-state index is -0.628. The first-order valence-corrected chi connectivity index (χ1v) is 7.76. The molecule has 0 radical (unpaired) electrons. The second-order valence-electron chi connectivity index (χ2n) is 5.49. The third-order valence-electron chi connectivity index (χ3n) is 3.90. The molecule has 1 heterocycles. The highest BCUT2D eigenvalue weighted by molar-refractivity contribution is 6.13. The summed E-state index contributed by atoms with van der Waals surface area (Å²) in [6, 6.07) is 14.6. The molecule has 0 bridgehead atoms. The average molecular weight is 337 g/mol. The van der Waals surface area contributed by atoms with Gasteiger partial charge < -0.3 is 15.2 Å². The number of amidine groups is 1. The highest BCUT2D eigenvalue weighted by Crippen LogP contribution is 2.26. The van der Waals surface area contributed by atoms with Crippen molar-refractivity contribution in [1.82, 2.24) is 0 Å². The van der Waals surface area contributed by atoms with E-state index in [1.165, 1.54) is 14.2 Å². The Bertz CT molecular complexity index is 809. The highest BCUT2D eigenvalue weighted by Gasteiger charge is 2.26. The molecule has 2 aromatic carbocycles. The predicted octanol–water partition coefficient (Wildman–Crippen LogP) is 2.81. The molecule has 0 aliphatic carbocycles. The van der Waals surface area contributed by atoms with E-state index < -0.39 is 5.92 Å². The molecular formula is C19H19N3O3. The third-order valence-corrected chi connectivity index (χ3v) is 3.90. The zero-order chi connectivity index (χ0) is 17.8. The quantitative estimate of drug-likeness (QED) is 0.849. The van der Waals surface area contributed by atoms with Crippen LogP contribution in [-0.2, 0) is 0 Å². The van der Waals surface area contributed by atoms with Crippen LogP contribution < -0.4 is 20.2 Å². The van der Waals surface area contributed by atoms with Crippen LogP contribution in [-0.4, -0.2) is 25.8 Å². The molecule has 0 aromatic heterocycles. The number of ether oxygens (including phenoxy) is 2. The number of carbonyl (C=O) groups is 1. The van der Waals surface area contributed by atoms with Crippen LogP contribution >= 0.6 is 0 Å². The molecule has 0 amide bonds. The van der Waals surface area contributed by atoms with E-state index in [2.05, 4.69) is 5.10 Å². The first kappa shape index (κ1) is 16.6. The lowest BCUT2D eigenvalue weighted by atomic mass is 9.95. The number of benzene rings is 2. The minimum absolute atomic E-state index is 0.164. The van der Waals surface area contributed by atoms with Crippen molar-refractivity contribution in [2.24, 2.45) is 16.8 Å². The second-order valence-corrected chi connectivity index (χ2v) is 5.49. The number of hydrogen-bond donors (Lipinski definition) is 1. The van der Waals surface area contributed by atoms with Gasteiger partial charge >= 0.3 is 0 Å². The summed E-state index contributed by atoms with van der Waals surface area (Å²) in [7, 11) is 3.08. The lowest BCUT2D eigenvalue weighted by molar-refractivity contribution is 0.0970. The van der Waals surface area contributed by atoms with Gasteiger partial charge in [-0.1, -0.05) is 18.2 Å². The number of methoxy groups -OCH3 is 2. The number of nitrogens with zero attached hydrogens (tertiary/aromatic N) is 2. The highest BCUT2D eigenvalue weighted by atomic mass is 16.5. The molecule has 2 N–H and O–H groups in total. The monoisotopic (exact) mass is 337 g/mol. The van der Waals surface area contributed by atoms with Crippen molar-refractivity contribution >= 4 is 17.3 Å². The number of para-hydroxylation sites is 1. The number of ketones is 1. The summed E-state index contributed by atoms with van der Waals surface area (Å²) >= 11 is 0. The van der Waals surface area contributed by atoms with Crippen molar-refractivity contribution < 1.29 is 14.3 Å². The van der Waals surface area contributed by atoms with E-state index in [1.807, 2.05) is 30.3 Å². The zero-order valence-corrected chi connectivity index (χ0v) is 14.0. The summed E-state index contributed by atoms with van der Waals surface area (Å²) in [6.45, 7) is 0. The number of hydrazone groups is 1. The number of hydrogen-bond acceptors (Lipinski definition) is 6. The standard InChI is InChI=1S/C19H19N3O3/c1-24-15-10-13(11-16(12-15)25-2)18(23)17-8-9-22(21-19(17)20)14-6-4-3-5-7-14/h3-12,17H,1-2H3,(H2,20,21). The van der Waals surface area contributed by atoms with Crippen molar-refractivity contribution in [1.29, 1.82) is 0 Å². The van der Waals surface area contributed by atoms with Crippen molar-refractivity contribution in [3.8, 4) is 11.5 Å². The van der Waals surface area contributed by atoms with E-state index in [-0.39, 0.29) is 11.6 Å². The Hall–Kier alpha value is -3.28. The second kappa shape index (κ2) is 7.09. The molecule has 3 rings (SSSR count). The Kier molecular flexibility index (Phi) is 4.70. The molecule has 6 heteroatoms. The number of anilines is 1. The summed E-state index contributed by atoms with van der Waals surface area (Å²) in [5, 5.41) is 5.97. The van der Waals surface area contributed by atoms with E-state index in [9.17, 15) is 4.79 Å². The fraction of sp³-hybridized carbons (Fsp3) is 0.158. The molecule has 0 spiro atoms. The minimum Gasteiger partial charge on any atom is -0.497 e. The van der Waals surface area contributed by atoms with Gasteiger partial charge in [0.25, 0.3) is 0 Å². The molecule has 2 aromatic rings. The van der Waals surface area contributed by atoms with Gasteiger partial charge in [-0.05, 0) is 30.3 Å². The number of carbonyl (C=O) groups excluding carboxylic acids is 1. The number of Topliss-reactive ketones (excluding diaryl/α,β-unsaturated/α-hetero) is 1. The van der Waals surface area contributed by atoms with Gasteiger partial charge in [0.05, 0.1) is 19.9 Å². The van der Waals surface area contributed by atoms with Gasteiger partial charge in [0.15, 0.2) is 5.78 Å². The Morgan fingerprint density at radius 3 is 2.28 bits per heavy atom. The molecule has 1 aliphatic rings. The van der Waals surface area contributed by atoms with E-state index in [4.69, 9.17) is 15.2 Å². The van der Waals surface area contributed by atoms with Crippen molar-refractivity contribution in [3.63, 3.8) is 0 Å². The summed E-state index contributed by atoms with van der Waals surface area (Å²) in [6.07, 6.45) is 3.48. The van der Waals surface area contributed by atoms with Crippen molar-refractivity contribution in [3.05, 3.63) is 66.4 Å². The lowest BCUT2D eigenvalue weighted by Gasteiger charge is -2.23. The van der Waals surface area contributed by atoms with Gasteiger partial charge in [0.2, 0.25) is 0 Å². The molecule has 1 aliphatic heterocycles. The molecule has 6 nitrogen and oxygen atoms in total. The molecule has 0 fully saturated rings. The van der Waals surface area contributed by atoms with Crippen LogP contribution in [0, 0.1) is 5.92 Å². The van der Waals surface area contributed by atoms with E-state index in [0.29, 0.717) is 17.1 Å². The normalized spacial score (nSPS) is 16.3. The SMILES string of the molecule is COc1cc(OC)cc(C(=O)C2C=CN(c3ccccc3)N=C2N)c1. The molecule has 1 atom stereocenters. The molecule has 1 unspecified atom stereocenters. The summed E-state index contributed by atoms with van der Waals surface area (Å²) in [5.41, 5.74) is 7.39. The maximum Gasteiger partial charge on any atom is 0.177 e. The lowest BCUT2D eigenvalue weighted by Crippen LogP contribution is -2.34. The maximum absolute atomic E-state index is 12.8. The maximum atomic E-state index is 12.8. The van der Waals surface area contributed by atoms with Crippen molar-refractivity contribution in [2.45, 2.75) is 0 Å². The Balaban J connectivity index is 1.86. The fourth-order valence-electron chi connectivity index (χ4n) is 2.56. The van der Waals surface area contributed by atoms with E-state index >= 15 is 0 Å². The topological polar surface area (TPSA) is 77.2 Å². The fourth-order valence-corrected chi connectivity index (χ4v) is 2.56. The van der Waals surface area contributed by atoms with Gasteiger partial charge in [-0.2, -0.15) is 5.10 Å². The van der Waals surface area contributed by atoms with Gasteiger partial charge in [0.1, 0.15) is 23.3 Å². The van der Waals surface area contributed by atoms with Crippen LogP contribution in [0.5, 0.6) is 11.5 Å². The number of rotatable bonds is 5. The first-order valence-electron chi connectivity index (χ1n) is 7.76. The molecular weight excluding hydrogens is 318 g/mol. The van der Waals surface area contributed by atoms with Crippen LogP contribution in [0.2, 0.25) is 0 Å². The largest absolute Gasteiger partial charge is 0.497 e. The Morgan fingerprint density at radius 2 is 1.72 bits per heavy atom. The predicted molar refractivity (Wildman–Crippen MR) is 97.0 cm³/mol. The van der Waals surface area contributed by atoms with Crippen LogP contribution in [0.3, 0.4) is 0 Å². The molecule has 0 saturated heterocycles. The average Bonchev–Trinajstić information content (AvgIpc) is 2.67. The Morgan fingerprint density at radius 1 is 1.08 bits per heavy atom. The van der Waals surface area contributed by atoms with Crippen LogP contribution in [0.1, 0.15) is 10.4 Å². The van der Waals surface area contributed by atoms with E-state index in [1.54, 1.807) is 35.5 Å². The van der Waals surface area contributed by atoms with Crippen LogP contribution in [0.4, 0.5) is 5.69 Å². The summed E-state index contributed by atoms with van der Waals surface area (Å²) < 4.78 is 10.4. The van der Waals surface area contributed by atoms with Gasteiger partial charge in [-0.3, -0.25) is 4.79 Å². The third kappa shape index (κ3) is 3.47. The van der Waals surface area contributed by atoms with Crippen LogP contribution in [0.15, 0.2) is 65.9 Å². The zero-order valence-electron chi connectivity index (χ0n) is 14.0. The first-order chi connectivity index (χ1) is 12.1. The van der Waals surface area contributed by atoms with Gasteiger partial charge in [-0.15, -0.1) is 0 Å². The van der Waals surface area contributed by atoms with Crippen molar-refractivity contribution in [2.75, 3.05) is 19.2 Å². The summed E-state index contributed by atoms with van der Waals surface area (Å²) in [4.78, 5) is 12.8. The number of nitrogens with two attached hydrogens (primary N) is 1. The van der Waals surface area contributed by atoms with Gasteiger partial charge in [0, 0.05) is 17.8 Å². The molecule has 25 heavy (non-hydrogen) atoms. The van der Waals surface area contributed by atoms with Gasteiger partial charge in [-0.25, -0.2) is 5.01 Å². The Labute approximate surface area is 146 Å².